The number of benzene rings is 1. The van der Waals surface area contributed by atoms with E-state index in [0.717, 1.165) is 19.3 Å². The fraction of sp³-hybridized carbons (Fsp3) is 0.500. The Balaban J connectivity index is 2.22. The van der Waals surface area contributed by atoms with E-state index in [1.54, 1.807) is 0 Å². The monoisotopic (exact) mass is 320 g/mol. The molecule has 2 rings (SSSR count). The SMILES string of the molecule is Cc1c(C(=O)N[C@H]2CCCCC[C@H]2C(=O)O)cccc1[N+](=O)[O-]. The second-order valence-electron chi connectivity index (χ2n) is 5.87. The number of carbonyl (C=O) groups excluding carboxylic acids is 1. The van der Waals surface area contributed by atoms with Gasteiger partial charge in [-0.3, -0.25) is 19.7 Å². The van der Waals surface area contributed by atoms with Crippen molar-refractivity contribution in [2.75, 3.05) is 0 Å². The molecule has 0 bridgehead atoms. The number of carbonyl (C=O) groups is 2. The van der Waals surface area contributed by atoms with Crippen LogP contribution in [0, 0.1) is 23.0 Å². The number of amides is 1. The summed E-state index contributed by atoms with van der Waals surface area (Å²) in [6, 6.07) is 3.88. The van der Waals surface area contributed by atoms with Gasteiger partial charge in [0.2, 0.25) is 0 Å². The van der Waals surface area contributed by atoms with Gasteiger partial charge in [0.15, 0.2) is 0 Å². The number of nitro groups is 1. The van der Waals surface area contributed by atoms with Crippen molar-refractivity contribution in [3.63, 3.8) is 0 Å². The lowest BCUT2D eigenvalue weighted by Crippen LogP contribution is -2.43. The van der Waals surface area contributed by atoms with E-state index in [0.29, 0.717) is 12.8 Å². The van der Waals surface area contributed by atoms with Gasteiger partial charge >= 0.3 is 5.97 Å². The minimum absolute atomic E-state index is 0.117. The van der Waals surface area contributed by atoms with E-state index in [4.69, 9.17) is 0 Å². The van der Waals surface area contributed by atoms with Crippen LogP contribution in [-0.4, -0.2) is 27.9 Å². The van der Waals surface area contributed by atoms with Gasteiger partial charge in [-0.15, -0.1) is 0 Å². The van der Waals surface area contributed by atoms with Gasteiger partial charge in [-0.1, -0.05) is 25.3 Å². The molecule has 1 fully saturated rings. The standard InChI is InChI=1S/C16H20N2O5/c1-10-11(7-5-9-14(10)18(22)23)15(19)17-13-8-4-2-3-6-12(13)16(20)21/h5,7,9,12-13H,2-4,6,8H2,1H3,(H,17,19)(H,20,21)/t12-,13+/m1/s1. The zero-order chi connectivity index (χ0) is 17.0. The van der Waals surface area contributed by atoms with Crippen molar-refractivity contribution in [1.82, 2.24) is 5.32 Å². The van der Waals surface area contributed by atoms with Crippen molar-refractivity contribution >= 4 is 17.6 Å². The third-order valence-corrected chi connectivity index (χ3v) is 4.40. The van der Waals surface area contributed by atoms with Crippen LogP contribution in [0.5, 0.6) is 0 Å². The highest BCUT2D eigenvalue weighted by Gasteiger charge is 2.31. The van der Waals surface area contributed by atoms with Crippen molar-refractivity contribution in [3.8, 4) is 0 Å². The summed E-state index contributed by atoms with van der Waals surface area (Å²) in [5, 5.41) is 23.1. The summed E-state index contributed by atoms with van der Waals surface area (Å²) in [6.07, 6.45) is 3.79. The lowest BCUT2D eigenvalue weighted by Gasteiger charge is -2.23. The van der Waals surface area contributed by atoms with Crippen LogP contribution in [0.4, 0.5) is 5.69 Å². The lowest BCUT2D eigenvalue weighted by molar-refractivity contribution is -0.385. The molecule has 1 aromatic carbocycles. The summed E-state index contributed by atoms with van der Waals surface area (Å²) in [6.45, 7) is 1.52. The molecule has 0 aliphatic heterocycles. The number of aliphatic carboxylic acids is 1. The van der Waals surface area contributed by atoms with Gasteiger partial charge in [0.25, 0.3) is 11.6 Å². The quantitative estimate of drug-likeness (QED) is 0.503. The van der Waals surface area contributed by atoms with Gasteiger partial charge in [0.05, 0.1) is 10.8 Å². The first-order valence-corrected chi connectivity index (χ1v) is 7.69. The Morgan fingerprint density at radius 3 is 2.61 bits per heavy atom. The smallest absolute Gasteiger partial charge is 0.308 e. The molecule has 2 atom stereocenters. The molecule has 7 nitrogen and oxygen atoms in total. The van der Waals surface area contributed by atoms with Gasteiger partial charge in [0.1, 0.15) is 0 Å². The Labute approximate surface area is 133 Å². The third-order valence-electron chi connectivity index (χ3n) is 4.40. The number of nitro benzene ring substituents is 1. The molecule has 1 saturated carbocycles. The minimum atomic E-state index is -0.909. The average Bonchev–Trinajstić information content (AvgIpc) is 2.72. The predicted molar refractivity (Wildman–Crippen MR) is 83.3 cm³/mol. The summed E-state index contributed by atoms with van der Waals surface area (Å²) < 4.78 is 0. The van der Waals surface area contributed by atoms with E-state index in [1.807, 2.05) is 0 Å². The van der Waals surface area contributed by atoms with Crippen LogP contribution in [0.15, 0.2) is 18.2 Å². The molecule has 124 valence electrons. The van der Waals surface area contributed by atoms with Gasteiger partial charge in [-0.25, -0.2) is 0 Å². The maximum absolute atomic E-state index is 12.5. The summed E-state index contributed by atoms with van der Waals surface area (Å²) in [7, 11) is 0. The first-order chi connectivity index (χ1) is 10.9. The molecule has 23 heavy (non-hydrogen) atoms. The van der Waals surface area contributed by atoms with Crippen molar-refractivity contribution in [3.05, 3.63) is 39.4 Å². The van der Waals surface area contributed by atoms with Crippen LogP contribution in [0.25, 0.3) is 0 Å². The third kappa shape index (κ3) is 3.85. The number of nitrogens with one attached hydrogen (secondary N) is 1. The van der Waals surface area contributed by atoms with Crippen LogP contribution >= 0.6 is 0 Å². The van der Waals surface area contributed by atoms with Gasteiger partial charge in [0, 0.05) is 23.2 Å². The van der Waals surface area contributed by atoms with Crippen molar-refractivity contribution in [2.24, 2.45) is 5.92 Å². The number of hydrogen-bond donors (Lipinski definition) is 2. The second-order valence-corrected chi connectivity index (χ2v) is 5.87. The Bertz CT molecular complexity index is 629. The molecule has 1 aliphatic carbocycles. The van der Waals surface area contributed by atoms with Crippen LogP contribution < -0.4 is 5.32 Å². The minimum Gasteiger partial charge on any atom is -0.481 e. The number of rotatable bonds is 4. The summed E-state index contributed by atoms with van der Waals surface area (Å²) in [4.78, 5) is 34.3. The highest BCUT2D eigenvalue weighted by molar-refractivity contribution is 5.97. The molecular weight excluding hydrogens is 300 g/mol. The number of carboxylic acids is 1. The predicted octanol–water partition coefficient (Wildman–Crippen LogP) is 2.67. The molecule has 2 N–H and O–H groups in total. The van der Waals surface area contributed by atoms with E-state index >= 15 is 0 Å². The van der Waals surface area contributed by atoms with E-state index < -0.39 is 28.8 Å². The van der Waals surface area contributed by atoms with Gasteiger partial charge < -0.3 is 10.4 Å². The molecule has 1 aliphatic rings. The summed E-state index contributed by atoms with van der Waals surface area (Å²) >= 11 is 0. The molecule has 1 amide bonds. The highest BCUT2D eigenvalue weighted by atomic mass is 16.6. The topological polar surface area (TPSA) is 110 Å². The van der Waals surface area contributed by atoms with Crippen LogP contribution in [0.3, 0.4) is 0 Å². The average molecular weight is 320 g/mol. The first kappa shape index (κ1) is 16.9. The van der Waals surface area contributed by atoms with E-state index in [-0.39, 0.29) is 16.8 Å². The fourth-order valence-corrected chi connectivity index (χ4v) is 3.09. The van der Waals surface area contributed by atoms with Crippen LogP contribution in [0.1, 0.15) is 48.0 Å². The van der Waals surface area contributed by atoms with Gasteiger partial charge in [-0.2, -0.15) is 0 Å². The van der Waals surface area contributed by atoms with Gasteiger partial charge in [-0.05, 0) is 25.8 Å². The molecule has 0 heterocycles. The largest absolute Gasteiger partial charge is 0.481 e. The molecule has 1 aromatic rings. The van der Waals surface area contributed by atoms with Crippen LogP contribution in [-0.2, 0) is 4.79 Å². The maximum Gasteiger partial charge on any atom is 0.308 e. The first-order valence-electron chi connectivity index (χ1n) is 7.69. The van der Waals surface area contributed by atoms with Crippen molar-refractivity contribution < 1.29 is 19.6 Å². The molecule has 0 unspecified atom stereocenters. The lowest BCUT2D eigenvalue weighted by atomic mass is 9.94. The molecule has 7 heteroatoms. The zero-order valence-electron chi connectivity index (χ0n) is 12.9. The Hall–Kier alpha value is -2.44. The summed E-state index contributed by atoms with van der Waals surface area (Å²) in [5.41, 5.74) is 0.386. The fourth-order valence-electron chi connectivity index (χ4n) is 3.09. The van der Waals surface area contributed by atoms with E-state index in [9.17, 15) is 24.8 Å². The number of carboxylic acid groups (broad SMARTS) is 1. The number of hydrogen-bond acceptors (Lipinski definition) is 4. The van der Waals surface area contributed by atoms with E-state index in [2.05, 4.69) is 5.32 Å². The van der Waals surface area contributed by atoms with Crippen LogP contribution in [0.2, 0.25) is 0 Å². The Morgan fingerprint density at radius 1 is 1.26 bits per heavy atom. The van der Waals surface area contributed by atoms with Crippen molar-refractivity contribution in [1.29, 1.82) is 0 Å². The number of nitrogens with zero attached hydrogens (tertiary/aromatic N) is 1. The zero-order valence-corrected chi connectivity index (χ0v) is 12.9. The molecule has 0 spiro atoms. The molecule has 0 aromatic heterocycles. The molecule has 0 radical (unpaired) electrons. The van der Waals surface area contributed by atoms with Crippen molar-refractivity contribution in [2.45, 2.75) is 45.1 Å². The normalized spacial score (nSPS) is 21.3. The highest BCUT2D eigenvalue weighted by Crippen LogP contribution is 2.25. The molecular formula is C16H20N2O5. The second kappa shape index (κ2) is 7.21. The Morgan fingerprint density at radius 2 is 1.96 bits per heavy atom. The van der Waals surface area contributed by atoms with E-state index in [1.165, 1.54) is 25.1 Å². The molecule has 0 saturated heterocycles. The Kier molecular flexibility index (Phi) is 5.31. The summed E-state index contributed by atoms with van der Waals surface area (Å²) in [5.74, 6) is -1.97. The maximum atomic E-state index is 12.5.